The first kappa shape index (κ1) is 25.3. The summed E-state index contributed by atoms with van der Waals surface area (Å²) >= 11 is 0. The highest BCUT2D eigenvalue weighted by Gasteiger charge is 2.24. The highest BCUT2D eigenvalue weighted by atomic mass is 19.1. The van der Waals surface area contributed by atoms with Gasteiger partial charge in [0.2, 0.25) is 5.91 Å². The van der Waals surface area contributed by atoms with Crippen molar-refractivity contribution in [3.8, 4) is 22.5 Å². The Morgan fingerprint density at radius 3 is 2.27 bits per heavy atom. The number of allylic oxidation sites excluding steroid dienone is 1. The van der Waals surface area contributed by atoms with Gasteiger partial charge < -0.3 is 20.8 Å². The molecule has 0 aliphatic heterocycles. The minimum absolute atomic E-state index is 0.183. The summed E-state index contributed by atoms with van der Waals surface area (Å²) in [5, 5.41) is 5.45. The van der Waals surface area contributed by atoms with Crippen LogP contribution in [0.5, 0.6) is 0 Å². The van der Waals surface area contributed by atoms with E-state index in [-0.39, 0.29) is 23.3 Å². The molecule has 0 spiro atoms. The van der Waals surface area contributed by atoms with E-state index in [2.05, 4.69) is 17.2 Å². The first-order valence-electron chi connectivity index (χ1n) is 11.2. The Morgan fingerprint density at radius 2 is 1.65 bits per heavy atom. The molecule has 3 amide bonds. The highest BCUT2D eigenvalue weighted by molar-refractivity contribution is 6.12. The van der Waals surface area contributed by atoms with Crippen LogP contribution >= 0.6 is 0 Å². The Balaban J connectivity index is 1.99. The van der Waals surface area contributed by atoms with Gasteiger partial charge >= 0.3 is 0 Å². The summed E-state index contributed by atoms with van der Waals surface area (Å²) in [7, 11) is 1.46. The first-order chi connectivity index (χ1) is 17.6. The van der Waals surface area contributed by atoms with Gasteiger partial charge in [-0.25, -0.2) is 8.78 Å². The zero-order chi connectivity index (χ0) is 26.9. The molecule has 1 heterocycles. The van der Waals surface area contributed by atoms with Gasteiger partial charge in [-0.3, -0.25) is 14.4 Å². The second kappa shape index (κ2) is 10.1. The summed E-state index contributed by atoms with van der Waals surface area (Å²) in [6.45, 7) is 5.17. The molecule has 37 heavy (non-hydrogen) atoms. The van der Waals surface area contributed by atoms with Crippen LogP contribution in [-0.4, -0.2) is 24.8 Å². The standard InChI is InChI=1S/C28H23F2N3O4/c1-14(2)33-27(35)20-10-16(6-9-22(20)30)19-13-21-23(11-17(19)12-24(31)34)37-26(25(21)28(36)32-3)15-4-7-18(29)8-5-15/h4-11,13H,1,12H2,2-3H3,(H2,31,34)(H,32,36)(H,33,35). The molecule has 0 fully saturated rings. The zero-order valence-corrected chi connectivity index (χ0v) is 20.1. The number of halogens is 2. The van der Waals surface area contributed by atoms with Gasteiger partial charge in [0.25, 0.3) is 11.8 Å². The molecule has 9 heteroatoms. The number of rotatable bonds is 7. The van der Waals surface area contributed by atoms with E-state index in [1.165, 1.54) is 43.4 Å². The quantitative estimate of drug-likeness (QED) is 0.339. The SMILES string of the molecule is C=C(C)NC(=O)c1cc(-c2cc3c(C(=O)NC)c(-c4ccc(F)cc4)oc3cc2CC(N)=O)ccc1F. The minimum atomic E-state index is -0.743. The summed E-state index contributed by atoms with van der Waals surface area (Å²) < 4.78 is 34.1. The second-order valence-electron chi connectivity index (χ2n) is 8.47. The predicted molar refractivity (Wildman–Crippen MR) is 136 cm³/mol. The molecule has 0 saturated heterocycles. The normalized spacial score (nSPS) is 10.8. The highest BCUT2D eigenvalue weighted by Crippen LogP contribution is 2.38. The molecular weight excluding hydrogens is 480 g/mol. The molecule has 3 aromatic carbocycles. The fourth-order valence-electron chi connectivity index (χ4n) is 4.07. The van der Waals surface area contributed by atoms with Gasteiger partial charge in [0.15, 0.2) is 0 Å². The molecule has 0 radical (unpaired) electrons. The largest absolute Gasteiger partial charge is 0.455 e. The Kier molecular flexibility index (Phi) is 6.88. The predicted octanol–water partition coefficient (Wildman–Crippen LogP) is 4.70. The summed E-state index contributed by atoms with van der Waals surface area (Å²) in [5.41, 5.74) is 7.86. The van der Waals surface area contributed by atoms with Crippen molar-refractivity contribution >= 4 is 28.7 Å². The van der Waals surface area contributed by atoms with Gasteiger partial charge in [0.05, 0.1) is 17.5 Å². The first-order valence-corrected chi connectivity index (χ1v) is 11.2. The zero-order valence-electron chi connectivity index (χ0n) is 20.1. The third kappa shape index (κ3) is 5.11. The summed E-state index contributed by atoms with van der Waals surface area (Å²) in [4.78, 5) is 37.3. The molecule has 4 aromatic rings. The van der Waals surface area contributed by atoms with E-state index in [0.29, 0.717) is 38.9 Å². The molecule has 4 N–H and O–H groups in total. The van der Waals surface area contributed by atoms with Crippen LogP contribution in [0.2, 0.25) is 0 Å². The molecule has 1 aromatic heterocycles. The Labute approximate surface area is 211 Å². The van der Waals surface area contributed by atoms with Crippen LogP contribution in [0.25, 0.3) is 33.4 Å². The van der Waals surface area contributed by atoms with Crippen LogP contribution < -0.4 is 16.4 Å². The van der Waals surface area contributed by atoms with E-state index in [1.807, 2.05) is 0 Å². The number of primary amides is 1. The monoisotopic (exact) mass is 503 g/mol. The third-order valence-corrected chi connectivity index (χ3v) is 5.69. The third-order valence-electron chi connectivity index (χ3n) is 5.69. The van der Waals surface area contributed by atoms with E-state index in [1.54, 1.807) is 19.1 Å². The summed E-state index contributed by atoms with van der Waals surface area (Å²) in [6.07, 6.45) is -0.183. The maximum atomic E-state index is 14.5. The summed E-state index contributed by atoms with van der Waals surface area (Å²) in [6, 6.07) is 12.6. The van der Waals surface area contributed by atoms with Gasteiger partial charge in [-0.15, -0.1) is 0 Å². The van der Waals surface area contributed by atoms with Crippen LogP contribution in [0, 0.1) is 11.6 Å². The molecule has 0 unspecified atom stereocenters. The Bertz CT molecular complexity index is 1570. The topological polar surface area (TPSA) is 114 Å². The number of benzene rings is 3. The van der Waals surface area contributed by atoms with Crippen molar-refractivity contribution in [2.24, 2.45) is 5.73 Å². The average molecular weight is 504 g/mol. The number of nitrogens with one attached hydrogen (secondary N) is 2. The van der Waals surface area contributed by atoms with Crippen LogP contribution in [0.3, 0.4) is 0 Å². The Morgan fingerprint density at radius 1 is 0.973 bits per heavy atom. The van der Waals surface area contributed by atoms with E-state index in [0.717, 1.165) is 6.07 Å². The lowest BCUT2D eigenvalue weighted by Crippen LogP contribution is -2.22. The fraction of sp³-hybridized carbons (Fsp3) is 0.107. The molecule has 0 atom stereocenters. The van der Waals surface area contributed by atoms with Gasteiger partial charge in [-0.2, -0.15) is 0 Å². The summed E-state index contributed by atoms with van der Waals surface area (Å²) in [5.74, 6) is -2.75. The number of carbonyl (C=O) groups excluding carboxylic acids is 3. The van der Waals surface area contributed by atoms with Crippen LogP contribution in [0.4, 0.5) is 8.78 Å². The minimum Gasteiger partial charge on any atom is -0.455 e. The molecule has 0 bridgehead atoms. The number of furan rings is 1. The maximum Gasteiger partial charge on any atom is 0.258 e. The lowest BCUT2D eigenvalue weighted by molar-refractivity contribution is -0.117. The van der Waals surface area contributed by atoms with Crippen molar-refractivity contribution < 1.29 is 27.6 Å². The molecule has 0 saturated carbocycles. The van der Waals surface area contributed by atoms with Gasteiger partial charge in [-0.1, -0.05) is 12.6 Å². The average Bonchev–Trinajstić information content (AvgIpc) is 3.21. The number of carbonyl (C=O) groups is 3. The molecule has 7 nitrogen and oxygen atoms in total. The molecule has 4 rings (SSSR count). The van der Waals surface area contributed by atoms with E-state index in [9.17, 15) is 23.2 Å². The van der Waals surface area contributed by atoms with Gasteiger partial charge in [0.1, 0.15) is 23.0 Å². The van der Waals surface area contributed by atoms with Crippen molar-refractivity contribution in [3.63, 3.8) is 0 Å². The molecule has 0 aliphatic carbocycles. The lowest BCUT2D eigenvalue weighted by atomic mass is 9.93. The van der Waals surface area contributed by atoms with Gasteiger partial charge in [-0.05, 0) is 72.1 Å². The molecule has 188 valence electrons. The number of fused-ring (bicyclic) bond motifs is 1. The second-order valence-corrected chi connectivity index (χ2v) is 8.47. The molecular formula is C28H23F2N3O4. The number of hydrogen-bond acceptors (Lipinski definition) is 4. The smallest absolute Gasteiger partial charge is 0.258 e. The maximum absolute atomic E-state index is 14.5. The van der Waals surface area contributed by atoms with Crippen LogP contribution in [0.15, 0.2) is 71.3 Å². The van der Waals surface area contributed by atoms with E-state index >= 15 is 0 Å². The van der Waals surface area contributed by atoms with Crippen LogP contribution in [0.1, 0.15) is 33.2 Å². The van der Waals surface area contributed by atoms with Crippen molar-refractivity contribution in [2.45, 2.75) is 13.3 Å². The van der Waals surface area contributed by atoms with Crippen molar-refractivity contribution in [1.29, 1.82) is 0 Å². The number of nitrogens with two attached hydrogens (primary N) is 1. The van der Waals surface area contributed by atoms with Crippen molar-refractivity contribution in [3.05, 3.63) is 95.2 Å². The van der Waals surface area contributed by atoms with Crippen LogP contribution in [-0.2, 0) is 11.2 Å². The van der Waals surface area contributed by atoms with Gasteiger partial charge in [0, 0.05) is 23.7 Å². The van der Waals surface area contributed by atoms with Crippen molar-refractivity contribution in [1.82, 2.24) is 10.6 Å². The fourth-order valence-corrected chi connectivity index (χ4v) is 4.07. The number of hydrogen-bond donors (Lipinski definition) is 3. The van der Waals surface area contributed by atoms with E-state index in [4.69, 9.17) is 10.2 Å². The molecule has 0 aliphatic rings. The number of amides is 3. The Hall–Kier alpha value is -4.79. The van der Waals surface area contributed by atoms with Crippen molar-refractivity contribution in [2.75, 3.05) is 7.05 Å². The van der Waals surface area contributed by atoms with E-state index < -0.39 is 29.4 Å². The lowest BCUT2D eigenvalue weighted by Gasteiger charge is -2.12.